The van der Waals surface area contributed by atoms with Crippen molar-refractivity contribution >= 4 is 29.4 Å². The summed E-state index contributed by atoms with van der Waals surface area (Å²) in [6.45, 7) is 9.87. The molecule has 1 aliphatic heterocycles. The Labute approximate surface area is 207 Å². The molecule has 0 aromatic heterocycles. The number of carbonyl (C=O) groups excluding carboxylic acids is 4. The van der Waals surface area contributed by atoms with Crippen LogP contribution in [-0.4, -0.2) is 60.4 Å². The largest absolute Gasteiger partial charge is 0.497 e. The van der Waals surface area contributed by atoms with E-state index in [1.807, 2.05) is 34.6 Å². The summed E-state index contributed by atoms with van der Waals surface area (Å²) < 4.78 is 5.17. The van der Waals surface area contributed by atoms with Gasteiger partial charge in [-0.3, -0.25) is 14.4 Å². The van der Waals surface area contributed by atoms with Gasteiger partial charge in [-0.2, -0.15) is 0 Å². The number of nitrogens with two attached hydrogens (primary N) is 1. The number of benzene rings is 1. The number of nitrogens with one attached hydrogen (secondary N) is 3. The zero-order valence-electron chi connectivity index (χ0n) is 21.5. The number of anilines is 1. The molecule has 1 heterocycles. The number of carbonyl (C=O) groups is 4. The summed E-state index contributed by atoms with van der Waals surface area (Å²) in [5.74, 6) is -0.511. The maximum atomic E-state index is 13.2. The third-order valence-electron chi connectivity index (χ3n) is 5.64. The Bertz CT molecular complexity index is 927. The smallest absolute Gasteiger partial charge is 0.319 e. The standard InChI is InChI=1S/C25H39N5O5/c1-15(2)10-19(22(26)32)29-23(33)20-12-17(14-30(20)21(31)13-25(3,4)5)28-24(34)27-16-8-7-9-18(11-16)35-6/h7-9,11,15,17,19-20H,10,12-14H2,1-6H3,(H2,26,32)(H,29,33)(H2,27,28,34)/t17-,19-,20-/m0/s1. The monoisotopic (exact) mass is 489 g/mol. The quantitative estimate of drug-likeness (QED) is 0.421. The van der Waals surface area contributed by atoms with Crippen molar-refractivity contribution in [2.45, 2.75) is 72.0 Å². The zero-order chi connectivity index (χ0) is 26.3. The fourth-order valence-corrected chi connectivity index (χ4v) is 4.06. The minimum absolute atomic E-state index is 0.143. The zero-order valence-corrected chi connectivity index (χ0v) is 21.5. The van der Waals surface area contributed by atoms with Gasteiger partial charge in [0.25, 0.3) is 0 Å². The normalized spacial score (nSPS) is 18.7. The predicted molar refractivity (Wildman–Crippen MR) is 134 cm³/mol. The average Bonchev–Trinajstić information content (AvgIpc) is 3.15. The molecule has 5 N–H and O–H groups in total. The Balaban J connectivity index is 2.14. The highest BCUT2D eigenvalue weighted by Gasteiger charge is 2.41. The minimum atomic E-state index is -0.828. The summed E-state index contributed by atoms with van der Waals surface area (Å²) in [5, 5.41) is 8.31. The third kappa shape index (κ3) is 8.77. The highest BCUT2D eigenvalue weighted by atomic mass is 16.5. The summed E-state index contributed by atoms with van der Waals surface area (Å²) >= 11 is 0. The SMILES string of the molecule is COc1cccc(NC(=O)N[C@H]2C[C@@H](C(=O)N[C@@H](CC(C)C)C(N)=O)N(C(=O)CC(C)(C)C)C2)c1. The van der Waals surface area contributed by atoms with Crippen molar-refractivity contribution in [2.24, 2.45) is 17.1 Å². The van der Waals surface area contributed by atoms with Gasteiger partial charge in [0, 0.05) is 24.7 Å². The van der Waals surface area contributed by atoms with Crippen LogP contribution >= 0.6 is 0 Å². The first-order valence-electron chi connectivity index (χ1n) is 11.9. The molecular weight excluding hydrogens is 450 g/mol. The van der Waals surface area contributed by atoms with Crippen LogP contribution in [0.4, 0.5) is 10.5 Å². The second-order valence-electron chi connectivity index (χ2n) is 10.7. The molecule has 194 valence electrons. The lowest BCUT2D eigenvalue weighted by molar-refractivity contribution is -0.140. The molecule has 3 atom stereocenters. The number of primary amides is 1. The molecule has 2 rings (SSSR count). The van der Waals surface area contributed by atoms with Crippen molar-refractivity contribution in [1.29, 1.82) is 0 Å². The molecule has 1 saturated heterocycles. The lowest BCUT2D eigenvalue weighted by Gasteiger charge is -2.28. The number of ether oxygens (including phenoxy) is 1. The summed E-state index contributed by atoms with van der Waals surface area (Å²) in [5.41, 5.74) is 5.76. The van der Waals surface area contributed by atoms with Crippen LogP contribution in [0.5, 0.6) is 5.75 Å². The van der Waals surface area contributed by atoms with Gasteiger partial charge in [-0.15, -0.1) is 0 Å². The summed E-state index contributed by atoms with van der Waals surface area (Å²) in [6, 6.07) is 4.38. The molecule has 0 aliphatic carbocycles. The van der Waals surface area contributed by atoms with Gasteiger partial charge in [0.2, 0.25) is 17.7 Å². The number of hydrogen-bond donors (Lipinski definition) is 4. The van der Waals surface area contributed by atoms with Gasteiger partial charge in [0.05, 0.1) is 13.2 Å². The Morgan fingerprint density at radius 2 is 1.89 bits per heavy atom. The fraction of sp³-hybridized carbons (Fsp3) is 0.600. The van der Waals surface area contributed by atoms with Crippen LogP contribution in [-0.2, 0) is 14.4 Å². The Morgan fingerprint density at radius 3 is 2.46 bits per heavy atom. The van der Waals surface area contributed by atoms with E-state index in [1.54, 1.807) is 24.3 Å². The Kier molecular flexibility index (Phi) is 9.50. The highest BCUT2D eigenvalue weighted by molar-refractivity contribution is 5.93. The average molecular weight is 490 g/mol. The van der Waals surface area contributed by atoms with E-state index in [4.69, 9.17) is 10.5 Å². The molecule has 10 heteroatoms. The molecule has 0 bridgehead atoms. The van der Waals surface area contributed by atoms with Crippen molar-refractivity contribution in [3.05, 3.63) is 24.3 Å². The van der Waals surface area contributed by atoms with Crippen molar-refractivity contribution in [3.63, 3.8) is 0 Å². The number of methoxy groups -OCH3 is 1. The molecule has 0 unspecified atom stereocenters. The van der Waals surface area contributed by atoms with Crippen LogP contribution in [0, 0.1) is 11.3 Å². The molecule has 0 radical (unpaired) electrons. The first-order chi connectivity index (χ1) is 16.3. The Morgan fingerprint density at radius 1 is 1.20 bits per heavy atom. The molecule has 1 fully saturated rings. The number of rotatable bonds is 9. The summed E-state index contributed by atoms with van der Waals surface area (Å²) in [6.07, 6.45) is 0.861. The van der Waals surface area contributed by atoms with Crippen LogP contribution < -0.4 is 26.4 Å². The molecular formula is C25H39N5O5. The molecule has 1 aromatic rings. The van der Waals surface area contributed by atoms with Crippen LogP contribution in [0.25, 0.3) is 0 Å². The predicted octanol–water partition coefficient (Wildman–Crippen LogP) is 2.24. The second-order valence-corrected chi connectivity index (χ2v) is 10.7. The van der Waals surface area contributed by atoms with Crippen molar-refractivity contribution in [2.75, 3.05) is 19.0 Å². The molecule has 0 spiro atoms. The van der Waals surface area contributed by atoms with E-state index < -0.39 is 36.0 Å². The van der Waals surface area contributed by atoms with Gasteiger partial charge >= 0.3 is 6.03 Å². The summed E-state index contributed by atoms with van der Waals surface area (Å²) in [7, 11) is 1.54. The van der Waals surface area contributed by atoms with Gasteiger partial charge in [-0.25, -0.2) is 4.79 Å². The van der Waals surface area contributed by atoms with Crippen molar-refractivity contribution < 1.29 is 23.9 Å². The molecule has 35 heavy (non-hydrogen) atoms. The van der Waals surface area contributed by atoms with Gasteiger partial charge in [0.15, 0.2) is 0 Å². The Hall–Kier alpha value is -3.30. The van der Waals surface area contributed by atoms with Crippen molar-refractivity contribution in [1.82, 2.24) is 15.5 Å². The summed E-state index contributed by atoms with van der Waals surface area (Å²) in [4.78, 5) is 52.2. The van der Waals surface area contributed by atoms with E-state index >= 15 is 0 Å². The van der Waals surface area contributed by atoms with Gasteiger partial charge in [-0.1, -0.05) is 40.7 Å². The van der Waals surface area contributed by atoms with E-state index in [0.717, 1.165) is 0 Å². The topological polar surface area (TPSA) is 143 Å². The first kappa shape index (κ1) is 27.9. The highest BCUT2D eigenvalue weighted by Crippen LogP contribution is 2.26. The van der Waals surface area contributed by atoms with E-state index in [9.17, 15) is 19.2 Å². The van der Waals surface area contributed by atoms with E-state index in [0.29, 0.717) is 17.9 Å². The number of urea groups is 1. The minimum Gasteiger partial charge on any atom is -0.497 e. The first-order valence-corrected chi connectivity index (χ1v) is 11.9. The van der Waals surface area contributed by atoms with Gasteiger partial charge < -0.3 is 31.3 Å². The van der Waals surface area contributed by atoms with Crippen LogP contribution in [0.15, 0.2) is 24.3 Å². The number of nitrogens with zero attached hydrogens (tertiary/aromatic N) is 1. The van der Waals surface area contributed by atoms with Gasteiger partial charge in [-0.05, 0) is 36.3 Å². The number of likely N-dealkylation sites (tertiary alicyclic amines) is 1. The third-order valence-corrected chi connectivity index (χ3v) is 5.64. The second kappa shape index (κ2) is 11.9. The van der Waals surface area contributed by atoms with Gasteiger partial charge in [0.1, 0.15) is 17.8 Å². The van der Waals surface area contributed by atoms with E-state index in [2.05, 4.69) is 16.0 Å². The molecule has 1 aromatic carbocycles. The van der Waals surface area contributed by atoms with Crippen molar-refractivity contribution in [3.8, 4) is 5.75 Å². The number of amides is 5. The number of hydrogen-bond acceptors (Lipinski definition) is 5. The molecule has 5 amide bonds. The van der Waals surface area contributed by atoms with E-state index in [1.165, 1.54) is 12.0 Å². The maximum Gasteiger partial charge on any atom is 0.319 e. The van der Waals surface area contributed by atoms with E-state index in [-0.39, 0.29) is 36.6 Å². The lowest BCUT2D eigenvalue weighted by atomic mass is 9.91. The fourth-order valence-electron chi connectivity index (χ4n) is 4.06. The van der Waals surface area contributed by atoms with Crippen LogP contribution in [0.2, 0.25) is 0 Å². The van der Waals surface area contributed by atoms with Crippen LogP contribution in [0.1, 0.15) is 53.9 Å². The maximum absolute atomic E-state index is 13.2. The molecule has 0 saturated carbocycles. The molecule has 10 nitrogen and oxygen atoms in total. The lowest BCUT2D eigenvalue weighted by Crippen LogP contribution is -2.52. The molecule has 1 aliphatic rings. The van der Waals surface area contributed by atoms with Crippen LogP contribution in [0.3, 0.4) is 0 Å².